The standard InChI is InChI=1S/C15H15N3O/c1-2-3-7-10-16-15(19)13-11-17-18(12-13)14-8-5-4-6-9-14/h4-6,8-9,11-12H,7,10H2,1H3,(H,16,19). The number of carbonyl (C=O) groups excluding carboxylic acids is 1. The number of nitrogens with zero attached hydrogens (tertiary/aromatic N) is 2. The molecule has 0 aliphatic rings. The average molecular weight is 253 g/mol. The predicted molar refractivity (Wildman–Crippen MR) is 74.0 cm³/mol. The molecule has 0 spiro atoms. The van der Waals surface area contributed by atoms with E-state index in [1.165, 1.54) is 0 Å². The first kappa shape index (κ1) is 12.9. The van der Waals surface area contributed by atoms with Gasteiger partial charge in [-0.25, -0.2) is 4.68 Å². The minimum absolute atomic E-state index is 0.125. The first-order chi connectivity index (χ1) is 9.31. The number of hydrogen-bond acceptors (Lipinski definition) is 2. The highest BCUT2D eigenvalue weighted by Gasteiger charge is 2.08. The van der Waals surface area contributed by atoms with E-state index in [-0.39, 0.29) is 5.91 Å². The Morgan fingerprint density at radius 1 is 1.37 bits per heavy atom. The van der Waals surface area contributed by atoms with Gasteiger partial charge in [-0.3, -0.25) is 4.79 Å². The number of rotatable bonds is 4. The fraction of sp³-hybridized carbons (Fsp3) is 0.200. The molecule has 1 aromatic carbocycles. The van der Waals surface area contributed by atoms with Gasteiger partial charge in [0.25, 0.3) is 5.91 Å². The van der Waals surface area contributed by atoms with Crippen LogP contribution in [0.15, 0.2) is 42.7 Å². The zero-order chi connectivity index (χ0) is 13.5. The minimum atomic E-state index is -0.125. The summed E-state index contributed by atoms with van der Waals surface area (Å²) in [6, 6.07) is 9.67. The van der Waals surface area contributed by atoms with E-state index >= 15 is 0 Å². The van der Waals surface area contributed by atoms with E-state index in [1.807, 2.05) is 30.3 Å². The Morgan fingerprint density at radius 2 is 2.16 bits per heavy atom. The van der Waals surface area contributed by atoms with Crippen LogP contribution in [0.4, 0.5) is 0 Å². The van der Waals surface area contributed by atoms with Crippen LogP contribution in [0.3, 0.4) is 0 Å². The van der Waals surface area contributed by atoms with Crippen molar-refractivity contribution in [3.8, 4) is 17.5 Å². The lowest BCUT2D eigenvalue weighted by Gasteiger charge is -2.00. The first-order valence-electron chi connectivity index (χ1n) is 6.09. The minimum Gasteiger partial charge on any atom is -0.351 e. The van der Waals surface area contributed by atoms with Gasteiger partial charge in [-0.15, -0.1) is 11.8 Å². The summed E-state index contributed by atoms with van der Waals surface area (Å²) >= 11 is 0. The van der Waals surface area contributed by atoms with Crippen molar-refractivity contribution in [2.24, 2.45) is 0 Å². The summed E-state index contributed by atoms with van der Waals surface area (Å²) in [4.78, 5) is 11.8. The van der Waals surface area contributed by atoms with Gasteiger partial charge in [0.1, 0.15) is 0 Å². The Kier molecular flexibility index (Phi) is 4.35. The summed E-state index contributed by atoms with van der Waals surface area (Å²) in [5.41, 5.74) is 1.48. The topological polar surface area (TPSA) is 46.9 Å². The zero-order valence-electron chi connectivity index (χ0n) is 10.8. The van der Waals surface area contributed by atoms with Crippen LogP contribution >= 0.6 is 0 Å². The SMILES string of the molecule is CC#CCCNC(=O)c1cnn(-c2ccccc2)c1. The van der Waals surface area contributed by atoms with E-state index in [2.05, 4.69) is 22.3 Å². The largest absolute Gasteiger partial charge is 0.351 e. The Labute approximate surface area is 112 Å². The predicted octanol–water partition coefficient (Wildman–Crippen LogP) is 2.02. The second kappa shape index (κ2) is 6.41. The monoisotopic (exact) mass is 253 g/mol. The Morgan fingerprint density at radius 3 is 2.89 bits per heavy atom. The molecule has 0 unspecified atom stereocenters. The molecule has 0 atom stereocenters. The van der Waals surface area contributed by atoms with Crippen LogP contribution in [0, 0.1) is 11.8 Å². The third-order valence-corrected chi connectivity index (χ3v) is 2.58. The molecule has 1 N–H and O–H groups in total. The maximum Gasteiger partial charge on any atom is 0.254 e. The molecule has 2 aromatic rings. The van der Waals surface area contributed by atoms with Crippen molar-refractivity contribution >= 4 is 5.91 Å². The quantitative estimate of drug-likeness (QED) is 0.669. The maximum absolute atomic E-state index is 11.8. The number of carbonyl (C=O) groups is 1. The van der Waals surface area contributed by atoms with Crippen LogP contribution in [-0.4, -0.2) is 22.2 Å². The van der Waals surface area contributed by atoms with E-state index in [4.69, 9.17) is 0 Å². The van der Waals surface area contributed by atoms with Crippen molar-refractivity contribution in [3.05, 3.63) is 48.3 Å². The molecule has 0 saturated heterocycles. The van der Waals surface area contributed by atoms with Gasteiger partial charge in [-0.1, -0.05) is 18.2 Å². The molecule has 0 fully saturated rings. The highest BCUT2D eigenvalue weighted by molar-refractivity contribution is 5.93. The normalized spacial score (nSPS) is 9.53. The van der Waals surface area contributed by atoms with E-state index in [9.17, 15) is 4.79 Å². The van der Waals surface area contributed by atoms with Crippen molar-refractivity contribution in [2.45, 2.75) is 13.3 Å². The zero-order valence-corrected chi connectivity index (χ0v) is 10.8. The summed E-state index contributed by atoms with van der Waals surface area (Å²) in [6.07, 6.45) is 3.94. The van der Waals surface area contributed by atoms with E-state index in [0.717, 1.165) is 5.69 Å². The molecule has 1 amide bonds. The van der Waals surface area contributed by atoms with Gasteiger partial charge in [-0.2, -0.15) is 5.10 Å². The number of para-hydroxylation sites is 1. The van der Waals surface area contributed by atoms with Gasteiger partial charge in [0, 0.05) is 19.2 Å². The molecule has 0 saturated carbocycles. The molecule has 0 aliphatic carbocycles. The van der Waals surface area contributed by atoms with E-state index < -0.39 is 0 Å². The van der Waals surface area contributed by atoms with E-state index in [1.54, 1.807) is 24.0 Å². The molecule has 19 heavy (non-hydrogen) atoms. The summed E-state index contributed by atoms with van der Waals surface area (Å²) < 4.78 is 1.68. The van der Waals surface area contributed by atoms with Gasteiger partial charge in [0.15, 0.2) is 0 Å². The Bertz CT molecular complexity index is 605. The lowest BCUT2D eigenvalue weighted by Crippen LogP contribution is -2.23. The van der Waals surface area contributed by atoms with Gasteiger partial charge < -0.3 is 5.32 Å². The summed E-state index contributed by atoms with van der Waals surface area (Å²) in [5, 5.41) is 6.98. The summed E-state index contributed by atoms with van der Waals surface area (Å²) in [7, 11) is 0. The fourth-order valence-electron chi connectivity index (χ4n) is 1.63. The lowest BCUT2D eigenvalue weighted by atomic mass is 10.3. The number of nitrogens with one attached hydrogen (secondary N) is 1. The number of hydrogen-bond donors (Lipinski definition) is 1. The Balaban J connectivity index is 2.00. The molecule has 0 radical (unpaired) electrons. The molecule has 96 valence electrons. The average Bonchev–Trinajstić information content (AvgIpc) is 2.94. The lowest BCUT2D eigenvalue weighted by molar-refractivity contribution is 0.0954. The van der Waals surface area contributed by atoms with Crippen LogP contribution in [0.2, 0.25) is 0 Å². The molecule has 1 aromatic heterocycles. The van der Waals surface area contributed by atoms with Gasteiger partial charge >= 0.3 is 0 Å². The summed E-state index contributed by atoms with van der Waals surface area (Å²) in [5.74, 6) is 5.56. The van der Waals surface area contributed by atoms with Crippen LogP contribution in [0.1, 0.15) is 23.7 Å². The van der Waals surface area contributed by atoms with Crippen molar-refractivity contribution in [2.75, 3.05) is 6.54 Å². The van der Waals surface area contributed by atoms with Crippen molar-refractivity contribution in [1.29, 1.82) is 0 Å². The second-order valence-electron chi connectivity index (χ2n) is 3.94. The number of benzene rings is 1. The Hall–Kier alpha value is -2.54. The van der Waals surface area contributed by atoms with Gasteiger partial charge in [-0.05, 0) is 19.1 Å². The van der Waals surface area contributed by atoms with Gasteiger partial charge in [0.05, 0.1) is 17.4 Å². The maximum atomic E-state index is 11.8. The molecule has 4 nitrogen and oxygen atoms in total. The highest BCUT2D eigenvalue weighted by atomic mass is 16.1. The van der Waals surface area contributed by atoms with Crippen LogP contribution < -0.4 is 5.32 Å². The molecule has 2 rings (SSSR count). The van der Waals surface area contributed by atoms with Crippen LogP contribution in [0.5, 0.6) is 0 Å². The smallest absolute Gasteiger partial charge is 0.254 e. The van der Waals surface area contributed by atoms with E-state index in [0.29, 0.717) is 18.5 Å². The van der Waals surface area contributed by atoms with Crippen molar-refractivity contribution in [3.63, 3.8) is 0 Å². The molecule has 1 heterocycles. The fourth-order valence-corrected chi connectivity index (χ4v) is 1.63. The van der Waals surface area contributed by atoms with Gasteiger partial charge in [0.2, 0.25) is 0 Å². The van der Waals surface area contributed by atoms with Crippen LogP contribution in [0.25, 0.3) is 5.69 Å². The second-order valence-corrected chi connectivity index (χ2v) is 3.94. The number of aromatic nitrogens is 2. The molecular weight excluding hydrogens is 238 g/mol. The third kappa shape index (κ3) is 3.46. The summed E-state index contributed by atoms with van der Waals surface area (Å²) in [6.45, 7) is 2.34. The van der Waals surface area contributed by atoms with Crippen molar-refractivity contribution in [1.82, 2.24) is 15.1 Å². The molecule has 4 heteroatoms. The molecular formula is C15H15N3O. The highest BCUT2D eigenvalue weighted by Crippen LogP contribution is 2.07. The molecule has 0 aliphatic heterocycles. The third-order valence-electron chi connectivity index (χ3n) is 2.58. The van der Waals surface area contributed by atoms with Crippen molar-refractivity contribution < 1.29 is 4.79 Å². The number of amides is 1. The first-order valence-corrected chi connectivity index (χ1v) is 6.09. The van der Waals surface area contributed by atoms with Crippen LogP contribution in [-0.2, 0) is 0 Å². The molecule has 0 bridgehead atoms.